The van der Waals surface area contributed by atoms with Gasteiger partial charge in [0.25, 0.3) is 0 Å². The fourth-order valence-corrected chi connectivity index (χ4v) is 3.43. The van der Waals surface area contributed by atoms with Crippen LogP contribution in [0.25, 0.3) is 0 Å². The van der Waals surface area contributed by atoms with E-state index < -0.39 is 43.4 Å². The molecule has 0 aliphatic carbocycles. The van der Waals surface area contributed by atoms with E-state index in [-0.39, 0.29) is 11.9 Å². The van der Waals surface area contributed by atoms with E-state index in [1.807, 2.05) is 44.2 Å². The van der Waals surface area contributed by atoms with E-state index in [4.69, 9.17) is 19.9 Å². The van der Waals surface area contributed by atoms with Gasteiger partial charge in [0.1, 0.15) is 24.4 Å². The molecular weight excluding hydrogens is 388 g/mol. The van der Waals surface area contributed by atoms with Crippen molar-refractivity contribution in [2.24, 2.45) is 5.73 Å². The lowest BCUT2D eigenvalue weighted by atomic mass is 9.97. The van der Waals surface area contributed by atoms with Crippen molar-refractivity contribution in [1.82, 2.24) is 5.32 Å². The van der Waals surface area contributed by atoms with Gasteiger partial charge in [-0.15, -0.1) is 0 Å². The lowest BCUT2D eigenvalue weighted by Gasteiger charge is -2.43. The fraction of sp³-hybridized carbons (Fsp3) is 0.682. The maximum Gasteiger partial charge on any atom is 0.249 e. The van der Waals surface area contributed by atoms with Gasteiger partial charge in [-0.3, -0.25) is 4.79 Å². The van der Waals surface area contributed by atoms with Crippen molar-refractivity contribution in [2.45, 2.75) is 82.8 Å². The molecular formula is C22H36N2O6. The second kappa shape index (κ2) is 12.3. The highest BCUT2D eigenvalue weighted by molar-refractivity contribution is 5.80. The topological polar surface area (TPSA) is 123 Å². The minimum atomic E-state index is -1.17. The predicted octanol–water partition coefficient (Wildman–Crippen LogP) is 0.730. The maximum atomic E-state index is 12.6. The van der Waals surface area contributed by atoms with Gasteiger partial charge in [0, 0.05) is 12.6 Å². The molecule has 8 heteroatoms. The highest BCUT2D eigenvalue weighted by Gasteiger charge is 2.45. The Morgan fingerprint density at radius 2 is 2.00 bits per heavy atom. The van der Waals surface area contributed by atoms with Crippen LogP contribution in [-0.4, -0.2) is 72.1 Å². The molecule has 2 unspecified atom stereocenters. The monoisotopic (exact) mass is 424 g/mol. The van der Waals surface area contributed by atoms with Crippen LogP contribution in [0.5, 0.6) is 0 Å². The minimum Gasteiger partial charge on any atom is -0.394 e. The van der Waals surface area contributed by atoms with Crippen LogP contribution in [0.15, 0.2) is 30.3 Å². The summed E-state index contributed by atoms with van der Waals surface area (Å²) in [6, 6.07) is 9.00. The number of aliphatic hydroxyl groups is 2. The van der Waals surface area contributed by atoms with E-state index in [2.05, 4.69) is 5.32 Å². The smallest absolute Gasteiger partial charge is 0.249 e. The molecule has 1 aromatic carbocycles. The Bertz CT molecular complexity index is 631. The quantitative estimate of drug-likeness (QED) is 0.386. The van der Waals surface area contributed by atoms with Crippen molar-refractivity contribution in [3.05, 3.63) is 35.9 Å². The molecule has 0 radical (unpaired) electrons. The van der Waals surface area contributed by atoms with Gasteiger partial charge in [-0.25, -0.2) is 0 Å². The predicted molar refractivity (Wildman–Crippen MR) is 113 cm³/mol. The van der Waals surface area contributed by atoms with Gasteiger partial charge >= 0.3 is 0 Å². The van der Waals surface area contributed by atoms with Crippen LogP contribution in [0.3, 0.4) is 0 Å². The molecule has 8 nitrogen and oxygen atoms in total. The fourth-order valence-electron chi connectivity index (χ4n) is 3.43. The Kier molecular flexibility index (Phi) is 10.2. The first-order valence-electron chi connectivity index (χ1n) is 10.7. The SMILES string of the molecule is CCCCO[C@@H]1OC(CO)[C@@H](O)C(O[C@H](C)C(=O)N[C@@H](C)Cc2ccccc2)[C@@H]1N. The number of hydrogen-bond acceptors (Lipinski definition) is 7. The van der Waals surface area contributed by atoms with E-state index >= 15 is 0 Å². The third kappa shape index (κ3) is 7.01. The molecule has 5 N–H and O–H groups in total. The highest BCUT2D eigenvalue weighted by atomic mass is 16.7. The molecule has 0 bridgehead atoms. The van der Waals surface area contributed by atoms with Crippen LogP contribution in [0.4, 0.5) is 0 Å². The van der Waals surface area contributed by atoms with E-state index in [0.717, 1.165) is 18.4 Å². The maximum absolute atomic E-state index is 12.6. The first-order chi connectivity index (χ1) is 14.4. The summed E-state index contributed by atoms with van der Waals surface area (Å²) in [7, 11) is 0. The second-order valence-electron chi connectivity index (χ2n) is 7.86. The van der Waals surface area contributed by atoms with Crippen LogP contribution < -0.4 is 11.1 Å². The van der Waals surface area contributed by atoms with Crippen molar-refractivity contribution < 1.29 is 29.2 Å². The molecule has 2 rings (SSSR count). The zero-order chi connectivity index (χ0) is 22.1. The lowest BCUT2D eigenvalue weighted by molar-refractivity contribution is -0.276. The number of carbonyl (C=O) groups excluding carboxylic acids is 1. The van der Waals surface area contributed by atoms with E-state index in [0.29, 0.717) is 13.0 Å². The molecule has 1 heterocycles. The van der Waals surface area contributed by atoms with Crippen molar-refractivity contribution in [2.75, 3.05) is 13.2 Å². The summed E-state index contributed by atoms with van der Waals surface area (Å²) in [6.45, 7) is 5.61. The lowest BCUT2D eigenvalue weighted by Crippen LogP contribution is -2.64. The number of hydrogen-bond donors (Lipinski definition) is 4. The Hall–Kier alpha value is -1.55. The molecule has 1 aromatic rings. The van der Waals surface area contributed by atoms with Crippen LogP contribution in [0.1, 0.15) is 39.2 Å². The Balaban J connectivity index is 1.94. The summed E-state index contributed by atoms with van der Waals surface area (Å²) in [4.78, 5) is 12.6. The van der Waals surface area contributed by atoms with Gasteiger partial charge in [-0.1, -0.05) is 43.7 Å². The van der Waals surface area contributed by atoms with Gasteiger partial charge in [0.2, 0.25) is 5.91 Å². The molecule has 170 valence electrons. The van der Waals surface area contributed by atoms with Crippen LogP contribution in [0, 0.1) is 0 Å². The standard InChI is InChI=1S/C22H36N2O6/c1-4-5-11-28-22-18(23)20(19(26)17(13-25)30-22)29-15(3)21(27)24-14(2)12-16-9-7-6-8-10-16/h6-10,14-15,17-20,22,25-26H,4-5,11-13,23H2,1-3H3,(H,24,27)/t14-,15+,17?,18-,19+,20?,22+/m0/s1. The Labute approximate surface area is 178 Å². The molecule has 1 aliphatic rings. The number of nitrogens with two attached hydrogens (primary N) is 1. The van der Waals surface area contributed by atoms with Gasteiger partial charge in [0.05, 0.1) is 12.6 Å². The number of rotatable bonds is 11. The normalized spacial score (nSPS) is 28.7. The van der Waals surface area contributed by atoms with Gasteiger partial charge in [-0.2, -0.15) is 0 Å². The molecule has 1 aliphatic heterocycles. The van der Waals surface area contributed by atoms with E-state index in [1.165, 1.54) is 0 Å². The number of benzene rings is 1. The molecule has 0 aromatic heterocycles. The summed E-state index contributed by atoms with van der Waals surface area (Å²) < 4.78 is 17.1. The van der Waals surface area contributed by atoms with E-state index in [9.17, 15) is 15.0 Å². The van der Waals surface area contributed by atoms with Gasteiger partial charge in [-0.05, 0) is 32.3 Å². The summed E-state index contributed by atoms with van der Waals surface area (Å²) >= 11 is 0. The zero-order valence-corrected chi connectivity index (χ0v) is 18.1. The van der Waals surface area contributed by atoms with Crippen molar-refractivity contribution in [1.29, 1.82) is 0 Å². The number of nitrogens with one attached hydrogen (secondary N) is 1. The minimum absolute atomic E-state index is 0.0884. The summed E-state index contributed by atoms with van der Waals surface area (Å²) in [5, 5.41) is 23.0. The number of unbranched alkanes of at least 4 members (excludes halogenated alkanes) is 1. The molecule has 1 amide bonds. The number of ether oxygens (including phenoxy) is 3. The van der Waals surface area contributed by atoms with Crippen LogP contribution in [0.2, 0.25) is 0 Å². The summed E-state index contributed by atoms with van der Waals surface area (Å²) in [5.41, 5.74) is 7.34. The molecule has 1 saturated heterocycles. The Morgan fingerprint density at radius 3 is 2.63 bits per heavy atom. The largest absolute Gasteiger partial charge is 0.394 e. The number of amides is 1. The molecule has 1 fully saturated rings. The second-order valence-corrected chi connectivity index (χ2v) is 7.86. The highest BCUT2D eigenvalue weighted by Crippen LogP contribution is 2.24. The average Bonchev–Trinajstić information content (AvgIpc) is 2.73. The van der Waals surface area contributed by atoms with Gasteiger partial charge < -0.3 is 35.5 Å². The molecule has 7 atom stereocenters. The number of aliphatic hydroxyl groups excluding tert-OH is 2. The van der Waals surface area contributed by atoms with E-state index in [1.54, 1.807) is 6.92 Å². The van der Waals surface area contributed by atoms with Crippen molar-refractivity contribution in [3.63, 3.8) is 0 Å². The first-order valence-corrected chi connectivity index (χ1v) is 10.7. The molecule has 0 saturated carbocycles. The van der Waals surface area contributed by atoms with Crippen molar-refractivity contribution >= 4 is 5.91 Å². The van der Waals surface area contributed by atoms with Crippen LogP contribution in [-0.2, 0) is 25.4 Å². The zero-order valence-electron chi connectivity index (χ0n) is 18.1. The Morgan fingerprint density at radius 1 is 1.30 bits per heavy atom. The molecule has 0 spiro atoms. The third-order valence-electron chi connectivity index (χ3n) is 5.18. The average molecular weight is 425 g/mol. The van der Waals surface area contributed by atoms with Crippen LogP contribution >= 0.6 is 0 Å². The third-order valence-corrected chi connectivity index (χ3v) is 5.18. The van der Waals surface area contributed by atoms with Crippen molar-refractivity contribution in [3.8, 4) is 0 Å². The summed E-state index contributed by atoms with van der Waals surface area (Å²) in [6.07, 6.45) is -2.17. The molecule has 30 heavy (non-hydrogen) atoms. The summed E-state index contributed by atoms with van der Waals surface area (Å²) in [5.74, 6) is -0.298. The first kappa shape index (κ1) is 24.7. The number of carbonyl (C=O) groups is 1. The van der Waals surface area contributed by atoms with Gasteiger partial charge in [0.15, 0.2) is 6.29 Å².